The molecule has 2 aliphatic rings. The Hall–Kier alpha value is -1.60. The van der Waals surface area contributed by atoms with Crippen LogP contribution in [0.5, 0.6) is 5.75 Å². The summed E-state index contributed by atoms with van der Waals surface area (Å²) in [7, 11) is 1.72. The van der Waals surface area contributed by atoms with E-state index in [0.717, 1.165) is 62.0 Å². The Morgan fingerprint density at radius 3 is 2.86 bits per heavy atom. The summed E-state index contributed by atoms with van der Waals surface area (Å²) in [5, 5.41) is 18.0. The molecule has 0 bridgehead atoms. The second-order valence-corrected chi connectivity index (χ2v) is 9.01. The van der Waals surface area contributed by atoms with Gasteiger partial charge in [0.25, 0.3) is 0 Å². The van der Waals surface area contributed by atoms with Gasteiger partial charge in [-0.3, -0.25) is 4.99 Å². The fraction of sp³-hybridized carbons (Fsp3) is 0.667. The quantitative estimate of drug-likeness (QED) is 0.455. The van der Waals surface area contributed by atoms with Gasteiger partial charge in [0.1, 0.15) is 5.75 Å². The van der Waals surface area contributed by atoms with Gasteiger partial charge in [-0.05, 0) is 44.1 Å². The topological polar surface area (TPSA) is 69.1 Å². The van der Waals surface area contributed by atoms with Crippen LogP contribution in [0.1, 0.15) is 33.1 Å². The van der Waals surface area contributed by atoms with Crippen LogP contribution in [0.2, 0.25) is 0 Å². The minimum absolute atomic E-state index is 0.316. The van der Waals surface area contributed by atoms with Crippen molar-refractivity contribution >= 4 is 23.4 Å². The Morgan fingerprint density at radius 2 is 2.18 bits per heavy atom. The second-order valence-electron chi connectivity index (χ2n) is 7.53. The number of thioether (sulfide) groups is 1. The Balaban J connectivity index is 1.59. The van der Waals surface area contributed by atoms with Gasteiger partial charge in [-0.15, -0.1) is 0 Å². The Morgan fingerprint density at radius 1 is 1.36 bits per heavy atom. The molecule has 156 valence electrons. The van der Waals surface area contributed by atoms with Gasteiger partial charge in [-0.2, -0.15) is 11.8 Å². The van der Waals surface area contributed by atoms with Crippen molar-refractivity contribution < 1.29 is 9.84 Å². The molecule has 7 heteroatoms. The first kappa shape index (κ1) is 21.1. The highest BCUT2D eigenvalue weighted by atomic mass is 32.2. The molecule has 1 aromatic rings. The average Bonchev–Trinajstić information content (AvgIpc) is 3.17. The van der Waals surface area contributed by atoms with E-state index in [4.69, 9.17) is 9.73 Å². The van der Waals surface area contributed by atoms with Crippen molar-refractivity contribution in [2.45, 2.75) is 50.0 Å². The number of hydrogen-bond donors (Lipinski definition) is 3. The number of hydrogen-bond acceptors (Lipinski definition) is 5. The van der Waals surface area contributed by atoms with Gasteiger partial charge in [0.2, 0.25) is 0 Å². The predicted molar refractivity (Wildman–Crippen MR) is 119 cm³/mol. The third kappa shape index (κ3) is 4.87. The largest absolute Gasteiger partial charge is 0.495 e. The van der Waals surface area contributed by atoms with Crippen molar-refractivity contribution in [3.05, 3.63) is 24.3 Å². The summed E-state index contributed by atoms with van der Waals surface area (Å²) < 4.78 is 5.51. The van der Waals surface area contributed by atoms with Crippen LogP contribution in [-0.4, -0.2) is 67.0 Å². The lowest BCUT2D eigenvalue weighted by molar-refractivity contribution is -0.0154. The van der Waals surface area contributed by atoms with Crippen LogP contribution in [0.15, 0.2) is 29.3 Å². The maximum Gasteiger partial charge on any atom is 0.191 e. The van der Waals surface area contributed by atoms with Crippen LogP contribution < -0.4 is 20.3 Å². The molecule has 1 aliphatic heterocycles. The van der Waals surface area contributed by atoms with E-state index in [9.17, 15) is 5.11 Å². The van der Waals surface area contributed by atoms with Gasteiger partial charge in [-0.1, -0.05) is 19.1 Å². The molecular formula is C21H34N4O2S. The molecule has 1 saturated heterocycles. The van der Waals surface area contributed by atoms with Gasteiger partial charge in [0.15, 0.2) is 5.96 Å². The fourth-order valence-corrected chi connectivity index (χ4v) is 5.12. The summed E-state index contributed by atoms with van der Waals surface area (Å²) in [5.41, 5.74) is 0.488. The van der Waals surface area contributed by atoms with E-state index < -0.39 is 5.60 Å². The molecule has 1 aliphatic carbocycles. The van der Waals surface area contributed by atoms with E-state index in [1.165, 1.54) is 0 Å². The maximum absolute atomic E-state index is 10.8. The normalized spacial score (nSPS) is 27.4. The summed E-state index contributed by atoms with van der Waals surface area (Å²) in [5.74, 6) is 2.75. The number of ether oxygens (including phenoxy) is 1. The van der Waals surface area contributed by atoms with Crippen molar-refractivity contribution in [2.24, 2.45) is 4.99 Å². The molecule has 6 nitrogen and oxygen atoms in total. The first-order valence-corrected chi connectivity index (χ1v) is 11.4. The van der Waals surface area contributed by atoms with Crippen LogP contribution in [0.25, 0.3) is 0 Å². The van der Waals surface area contributed by atoms with Gasteiger partial charge in [0, 0.05) is 30.9 Å². The molecule has 2 fully saturated rings. The molecule has 3 atom stereocenters. The van der Waals surface area contributed by atoms with Crippen molar-refractivity contribution in [3.8, 4) is 5.75 Å². The van der Waals surface area contributed by atoms with Gasteiger partial charge in [0.05, 0.1) is 24.9 Å². The van der Waals surface area contributed by atoms with Crippen LogP contribution in [0.4, 0.5) is 5.69 Å². The number of guanidine groups is 1. The van der Waals surface area contributed by atoms with Gasteiger partial charge < -0.3 is 25.4 Å². The van der Waals surface area contributed by atoms with E-state index in [2.05, 4.69) is 35.4 Å². The molecule has 1 saturated carbocycles. The van der Waals surface area contributed by atoms with E-state index in [0.29, 0.717) is 17.8 Å². The maximum atomic E-state index is 10.8. The molecule has 0 aromatic heterocycles. The first-order chi connectivity index (χ1) is 13.6. The molecule has 1 aromatic carbocycles. The Labute approximate surface area is 173 Å². The lowest BCUT2D eigenvalue weighted by Gasteiger charge is -2.44. The number of benzene rings is 1. The Bertz CT molecular complexity index is 672. The van der Waals surface area contributed by atoms with E-state index in [1.807, 2.05) is 30.0 Å². The zero-order chi connectivity index (χ0) is 20.0. The smallest absolute Gasteiger partial charge is 0.191 e. The lowest BCUT2D eigenvalue weighted by Crippen LogP contribution is -2.53. The number of para-hydroxylation sites is 2. The van der Waals surface area contributed by atoms with Crippen molar-refractivity contribution in [1.29, 1.82) is 0 Å². The van der Waals surface area contributed by atoms with E-state index >= 15 is 0 Å². The molecule has 3 N–H and O–H groups in total. The van der Waals surface area contributed by atoms with Crippen LogP contribution in [0, 0.1) is 0 Å². The third-order valence-electron chi connectivity index (χ3n) is 5.62. The number of nitrogens with one attached hydrogen (secondary N) is 2. The second kappa shape index (κ2) is 9.74. The third-order valence-corrected chi connectivity index (χ3v) is 7.03. The first-order valence-electron chi connectivity index (χ1n) is 10.4. The van der Waals surface area contributed by atoms with E-state index in [-0.39, 0.29) is 0 Å². The predicted octanol–water partition coefficient (Wildman–Crippen LogP) is 2.48. The standard InChI is InChI=1S/C21H34N4O2S/c1-4-22-20(23-15-21(26)12-10-19(21)28-5-2)24-16-11-13-25(14-16)17-8-6-7-9-18(17)27-3/h6-9,16,19,26H,4-5,10-15H2,1-3H3,(H2,22,23,24). The summed E-state index contributed by atoms with van der Waals surface area (Å²) in [6.07, 6.45) is 2.98. The number of aliphatic imine (C=N–C) groups is 1. The molecule has 0 radical (unpaired) electrons. The number of methoxy groups -OCH3 is 1. The zero-order valence-corrected chi connectivity index (χ0v) is 18.1. The van der Waals surface area contributed by atoms with Crippen LogP contribution in [-0.2, 0) is 0 Å². The summed E-state index contributed by atoms with van der Waals surface area (Å²) >= 11 is 1.85. The highest BCUT2D eigenvalue weighted by molar-refractivity contribution is 8.00. The average molecular weight is 407 g/mol. The molecular weight excluding hydrogens is 372 g/mol. The van der Waals surface area contributed by atoms with Crippen molar-refractivity contribution in [3.63, 3.8) is 0 Å². The van der Waals surface area contributed by atoms with Crippen molar-refractivity contribution in [1.82, 2.24) is 10.6 Å². The fourth-order valence-electron chi connectivity index (χ4n) is 3.93. The van der Waals surface area contributed by atoms with Crippen LogP contribution in [0.3, 0.4) is 0 Å². The molecule has 1 heterocycles. The highest BCUT2D eigenvalue weighted by Gasteiger charge is 2.45. The van der Waals surface area contributed by atoms with Crippen LogP contribution >= 0.6 is 11.8 Å². The zero-order valence-electron chi connectivity index (χ0n) is 17.3. The lowest BCUT2D eigenvalue weighted by atomic mass is 9.79. The monoisotopic (exact) mass is 406 g/mol. The van der Waals surface area contributed by atoms with Gasteiger partial charge >= 0.3 is 0 Å². The van der Waals surface area contributed by atoms with E-state index in [1.54, 1.807) is 7.11 Å². The SMILES string of the molecule is CCNC(=NCC1(O)CCC1SCC)NC1CCN(c2ccccc2OC)C1. The molecule has 0 spiro atoms. The number of anilines is 1. The molecule has 0 amide bonds. The molecule has 28 heavy (non-hydrogen) atoms. The number of nitrogens with zero attached hydrogens (tertiary/aromatic N) is 2. The summed E-state index contributed by atoms with van der Waals surface area (Å²) in [6, 6.07) is 8.48. The number of rotatable bonds is 8. The van der Waals surface area contributed by atoms with Gasteiger partial charge in [-0.25, -0.2) is 0 Å². The number of aliphatic hydroxyl groups is 1. The minimum Gasteiger partial charge on any atom is -0.495 e. The van der Waals surface area contributed by atoms with Crippen molar-refractivity contribution in [2.75, 3.05) is 43.9 Å². The summed E-state index contributed by atoms with van der Waals surface area (Å²) in [6.45, 7) is 7.37. The Kier molecular flexibility index (Phi) is 7.35. The minimum atomic E-state index is -0.651. The molecule has 3 rings (SSSR count). The molecule has 3 unspecified atom stereocenters. The highest BCUT2D eigenvalue weighted by Crippen LogP contribution is 2.41. The summed E-state index contributed by atoms with van der Waals surface area (Å²) in [4.78, 5) is 7.08.